The van der Waals surface area contributed by atoms with Crippen molar-refractivity contribution in [3.8, 4) is 0 Å². The molecule has 6 heteroatoms. The Balaban J connectivity index is 0.00000225. The van der Waals surface area contributed by atoms with Crippen LogP contribution in [0, 0.1) is 11.8 Å². The summed E-state index contributed by atoms with van der Waals surface area (Å²) in [7, 11) is 0. The summed E-state index contributed by atoms with van der Waals surface area (Å²) in [6.07, 6.45) is 15.4. The van der Waals surface area contributed by atoms with Crippen molar-refractivity contribution in [3.05, 3.63) is 30.9 Å². The van der Waals surface area contributed by atoms with E-state index in [0.29, 0.717) is 17.9 Å². The van der Waals surface area contributed by atoms with E-state index >= 15 is 0 Å². The maximum Gasteiger partial charge on any atom is 0.193 e. The maximum atomic E-state index is 4.97. The molecule has 1 aliphatic heterocycles. The van der Waals surface area contributed by atoms with Gasteiger partial charge < -0.3 is 14.8 Å². The Labute approximate surface area is 169 Å². The van der Waals surface area contributed by atoms with Crippen LogP contribution in [0.2, 0.25) is 0 Å². The molecule has 1 aromatic heterocycles. The van der Waals surface area contributed by atoms with Crippen molar-refractivity contribution in [1.82, 2.24) is 19.8 Å². The van der Waals surface area contributed by atoms with Crippen molar-refractivity contribution in [3.63, 3.8) is 0 Å². The van der Waals surface area contributed by atoms with E-state index in [9.17, 15) is 0 Å². The molecular formula is C19H32IN5. The smallest absolute Gasteiger partial charge is 0.193 e. The summed E-state index contributed by atoms with van der Waals surface area (Å²) in [5.74, 6) is 2.46. The van der Waals surface area contributed by atoms with Crippen LogP contribution in [0.15, 0.2) is 35.9 Å². The van der Waals surface area contributed by atoms with E-state index in [1.54, 1.807) is 0 Å². The van der Waals surface area contributed by atoms with Crippen LogP contribution in [0.1, 0.15) is 45.6 Å². The third-order valence-electron chi connectivity index (χ3n) is 5.34. The van der Waals surface area contributed by atoms with E-state index < -0.39 is 0 Å². The third-order valence-corrected chi connectivity index (χ3v) is 5.34. The van der Waals surface area contributed by atoms with E-state index in [0.717, 1.165) is 32.1 Å². The van der Waals surface area contributed by atoms with Gasteiger partial charge in [-0.2, -0.15) is 0 Å². The number of nitrogens with one attached hydrogen (secondary N) is 1. The summed E-state index contributed by atoms with van der Waals surface area (Å²) >= 11 is 0. The van der Waals surface area contributed by atoms with Gasteiger partial charge in [0.1, 0.15) is 0 Å². The number of aromatic nitrogens is 2. The topological polar surface area (TPSA) is 45.5 Å². The molecule has 3 rings (SSSR count). The monoisotopic (exact) mass is 457 g/mol. The summed E-state index contributed by atoms with van der Waals surface area (Å²) in [6, 6.07) is 0.475. The van der Waals surface area contributed by atoms with E-state index in [4.69, 9.17) is 4.99 Å². The Morgan fingerprint density at radius 1 is 1.32 bits per heavy atom. The van der Waals surface area contributed by atoms with Gasteiger partial charge in [0, 0.05) is 38.6 Å². The van der Waals surface area contributed by atoms with Gasteiger partial charge >= 0.3 is 0 Å². The van der Waals surface area contributed by atoms with E-state index in [1.807, 2.05) is 12.5 Å². The van der Waals surface area contributed by atoms with Crippen molar-refractivity contribution in [2.45, 2.75) is 45.6 Å². The summed E-state index contributed by atoms with van der Waals surface area (Å²) in [4.78, 5) is 11.6. The number of hydrogen-bond donors (Lipinski definition) is 1. The minimum Gasteiger partial charge on any atom is -0.357 e. The lowest BCUT2D eigenvalue weighted by molar-refractivity contribution is 0.188. The molecule has 25 heavy (non-hydrogen) atoms. The summed E-state index contributed by atoms with van der Waals surface area (Å²) in [6.45, 7) is 8.45. The Hall–Kier alpha value is -1.05. The highest BCUT2D eigenvalue weighted by Gasteiger charge is 2.29. The van der Waals surface area contributed by atoms with E-state index in [1.165, 1.54) is 25.7 Å². The molecule has 5 nitrogen and oxygen atoms in total. The van der Waals surface area contributed by atoms with Crippen LogP contribution in [0.3, 0.4) is 0 Å². The molecule has 0 aromatic carbocycles. The molecular weight excluding hydrogens is 425 g/mol. The zero-order chi connectivity index (χ0) is 16.8. The molecule has 0 amide bonds. The molecule has 0 radical (unpaired) electrons. The lowest BCUT2D eigenvalue weighted by Gasteiger charge is -2.39. The molecule has 140 valence electrons. The predicted octanol–water partition coefficient (Wildman–Crippen LogP) is 3.71. The van der Waals surface area contributed by atoms with Gasteiger partial charge in [0.2, 0.25) is 0 Å². The number of piperidine rings is 1. The lowest BCUT2D eigenvalue weighted by Crippen LogP contribution is -2.49. The van der Waals surface area contributed by atoms with Crippen molar-refractivity contribution < 1.29 is 0 Å². The Morgan fingerprint density at radius 2 is 2.20 bits per heavy atom. The highest BCUT2D eigenvalue weighted by Crippen LogP contribution is 2.27. The number of nitrogens with zero attached hydrogens (tertiary/aromatic N) is 4. The molecule has 1 aliphatic carbocycles. The van der Waals surface area contributed by atoms with Gasteiger partial charge in [-0.1, -0.05) is 19.1 Å². The molecule has 1 N–H and O–H groups in total. The van der Waals surface area contributed by atoms with Crippen LogP contribution >= 0.6 is 24.0 Å². The largest absolute Gasteiger partial charge is 0.357 e. The fourth-order valence-corrected chi connectivity index (χ4v) is 3.76. The highest BCUT2D eigenvalue weighted by atomic mass is 127. The second-order valence-corrected chi connectivity index (χ2v) is 7.13. The van der Waals surface area contributed by atoms with Crippen LogP contribution in [-0.2, 0) is 0 Å². The average Bonchev–Trinajstić information content (AvgIpc) is 3.14. The van der Waals surface area contributed by atoms with E-state index in [-0.39, 0.29) is 24.0 Å². The van der Waals surface area contributed by atoms with Gasteiger partial charge in [-0.05, 0) is 44.4 Å². The van der Waals surface area contributed by atoms with Crippen LogP contribution < -0.4 is 5.32 Å². The molecule has 2 aliphatic rings. The fourth-order valence-electron chi connectivity index (χ4n) is 3.76. The van der Waals surface area contributed by atoms with Crippen LogP contribution in [0.5, 0.6) is 0 Å². The van der Waals surface area contributed by atoms with Crippen molar-refractivity contribution in [2.75, 3.05) is 26.2 Å². The van der Waals surface area contributed by atoms with Gasteiger partial charge in [0.15, 0.2) is 5.96 Å². The van der Waals surface area contributed by atoms with E-state index in [2.05, 4.69) is 52.0 Å². The molecule has 3 atom stereocenters. The summed E-state index contributed by atoms with van der Waals surface area (Å²) in [5, 5.41) is 3.51. The second kappa shape index (κ2) is 10.2. The minimum absolute atomic E-state index is 0. The number of hydrogen-bond acceptors (Lipinski definition) is 2. The normalized spacial score (nSPS) is 27.0. The third kappa shape index (κ3) is 5.46. The molecule has 2 heterocycles. The van der Waals surface area contributed by atoms with Crippen LogP contribution in [0.4, 0.5) is 0 Å². The number of halogens is 1. The van der Waals surface area contributed by atoms with Crippen LogP contribution in [-0.4, -0.2) is 46.6 Å². The standard InChI is InChI=1S/C19H31N5.HI/c1-3-21-19(22-13-17-7-5-4-6-8-17)23-11-9-16(2)18(14-23)24-12-10-20-15-24;/h4-5,10,12,15-18H,3,6-9,11,13-14H2,1-2H3,(H,21,22);1H. The zero-order valence-corrected chi connectivity index (χ0v) is 17.8. The number of aliphatic imine (C=N–C) groups is 1. The summed E-state index contributed by atoms with van der Waals surface area (Å²) < 4.78 is 2.26. The van der Waals surface area contributed by atoms with Gasteiger partial charge in [-0.25, -0.2) is 4.98 Å². The molecule has 0 saturated carbocycles. The fraction of sp³-hybridized carbons (Fsp3) is 0.684. The molecule has 1 fully saturated rings. The van der Waals surface area contributed by atoms with Gasteiger partial charge in [0.25, 0.3) is 0 Å². The van der Waals surface area contributed by atoms with Gasteiger partial charge in [-0.15, -0.1) is 24.0 Å². The average molecular weight is 457 g/mol. The lowest BCUT2D eigenvalue weighted by atomic mass is 9.93. The quantitative estimate of drug-likeness (QED) is 0.325. The number of rotatable bonds is 4. The Bertz CT molecular complexity index is 554. The molecule has 0 bridgehead atoms. The number of imidazole rings is 1. The molecule has 0 spiro atoms. The SMILES string of the molecule is CCNC(=NCC1CC=CCC1)N1CCC(C)C(n2ccnc2)C1.I. The first-order valence-electron chi connectivity index (χ1n) is 9.43. The van der Waals surface area contributed by atoms with Crippen LogP contribution in [0.25, 0.3) is 0 Å². The first-order chi connectivity index (χ1) is 11.8. The van der Waals surface area contributed by atoms with Gasteiger partial charge in [0.05, 0.1) is 12.4 Å². The minimum atomic E-state index is 0. The van der Waals surface area contributed by atoms with Crippen molar-refractivity contribution in [1.29, 1.82) is 0 Å². The zero-order valence-electron chi connectivity index (χ0n) is 15.5. The second-order valence-electron chi connectivity index (χ2n) is 7.13. The maximum absolute atomic E-state index is 4.97. The molecule has 3 unspecified atom stereocenters. The first kappa shape index (κ1) is 20.3. The number of guanidine groups is 1. The van der Waals surface area contributed by atoms with Crippen molar-refractivity contribution in [2.24, 2.45) is 16.8 Å². The highest BCUT2D eigenvalue weighted by molar-refractivity contribution is 14.0. The van der Waals surface area contributed by atoms with Crippen molar-refractivity contribution >= 4 is 29.9 Å². The predicted molar refractivity (Wildman–Crippen MR) is 114 cm³/mol. The number of allylic oxidation sites excluding steroid dienone is 2. The molecule has 1 saturated heterocycles. The Kier molecular flexibility index (Phi) is 8.26. The number of likely N-dealkylation sites (tertiary alicyclic amines) is 1. The molecule has 1 aromatic rings. The first-order valence-corrected chi connectivity index (χ1v) is 9.43. The summed E-state index contributed by atoms with van der Waals surface area (Å²) in [5.41, 5.74) is 0. The Morgan fingerprint density at radius 3 is 2.88 bits per heavy atom. The van der Waals surface area contributed by atoms with Gasteiger partial charge in [-0.3, -0.25) is 4.99 Å².